The fourth-order valence-electron chi connectivity index (χ4n) is 2.60. The van der Waals surface area contributed by atoms with Crippen molar-refractivity contribution in [2.75, 3.05) is 0 Å². The molecule has 1 aliphatic carbocycles. The quantitative estimate of drug-likeness (QED) is 0.907. The Bertz CT molecular complexity index is 493. The molecule has 1 saturated carbocycles. The smallest absolute Gasteiger partial charge is 0.274 e. The minimum absolute atomic E-state index is 0.240. The van der Waals surface area contributed by atoms with Crippen molar-refractivity contribution in [1.82, 2.24) is 10.5 Å². The molecule has 2 rings (SSSR count). The van der Waals surface area contributed by atoms with Gasteiger partial charge in [-0.15, -0.1) is 0 Å². The van der Waals surface area contributed by atoms with Gasteiger partial charge in [0.15, 0.2) is 5.69 Å². The molecule has 5 nitrogen and oxygen atoms in total. The van der Waals surface area contributed by atoms with Crippen molar-refractivity contribution in [2.24, 2.45) is 5.92 Å². The summed E-state index contributed by atoms with van der Waals surface area (Å²) in [5.74, 6) is 0.937. The lowest BCUT2D eigenvalue weighted by atomic mass is 9.76. The van der Waals surface area contributed by atoms with Gasteiger partial charge in [0.2, 0.25) is 0 Å². The number of carbonyl (C=O) groups excluding carboxylic acids is 1. The molecule has 1 aliphatic rings. The summed E-state index contributed by atoms with van der Waals surface area (Å²) in [6, 6.07) is 3.86. The van der Waals surface area contributed by atoms with Crippen molar-refractivity contribution < 1.29 is 9.32 Å². The van der Waals surface area contributed by atoms with Gasteiger partial charge in [-0.1, -0.05) is 18.5 Å². The van der Waals surface area contributed by atoms with E-state index in [0.717, 1.165) is 19.3 Å². The third-order valence-electron chi connectivity index (χ3n) is 3.96. The van der Waals surface area contributed by atoms with Crippen molar-refractivity contribution in [1.29, 1.82) is 5.26 Å². The summed E-state index contributed by atoms with van der Waals surface area (Å²) in [4.78, 5) is 12.1. The lowest BCUT2D eigenvalue weighted by molar-refractivity contribution is 0.0882. The minimum Gasteiger partial charge on any atom is -0.361 e. The van der Waals surface area contributed by atoms with Gasteiger partial charge in [-0.3, -0.25) is 4.79 Å². The van der Waals surface area contributed by atoms with Gasteiger partial charge in [-0.25, -0.2) is 0 Å². The SMILES string of the molecule is CCC1CCC(C#N)(NC(=O)c2cc(C)on2)CC1. The molecule has 0 saturated heterocycles. The highest BCUT2D eigenvalue weighted by molar-refractivity contribution is 5.93. The number of carbonyl (C=O) groups is 1. The van der Waals surface area contributed by atoms with Crippen molar-refractivity contribution in [2.45, 2.75) is 51.5 Å². The van der Waals surface area contributed by atoms with E-state index in [4.69, 9.17) is 4.52 Å². The van der Waals surface area contributed by atoms with Gasteiger partial charge in [0.1, 0.15) is 11.3 Å². The molecule has 0 spiro atoms. The number of nitriles is 1. The van der Waals surface area contributed by atoms with Gasteiger partial charge < -0.3 is 9.84 Å². The predicted molar refractivity (Wildman–Crippen MR) is 69.3 cm³/mol. The zero-order valence-corrected chi connectivity index (χ0v) is 11.4. The Labute approximate surface area is 113 Å². The summed E-state index contributed by atoms with van der Waals surface area (Å²) in [7, 11) is 0. The summed E-state index contributed by atoms with van der Waals surface area (Å²) >= 11 is 0. The minimum atomic E-state index is -0.740. The Hall–Kier alpha value is -1.83. The van der Waals surface area contributed by atoms with Gasteiger partial charge in [-0.05, 0) is 38.5 Å². The van der Waals surface area contributed by atoms with Crippen LogP contribution in [0.5, 0.6) is 0 Å². The van der Waals surface area contributed by atoms with Crippen molar-refractivity contribution in [3.05, 3.63) is 17.5 Å². The van der Waals surface area contributed by atoms with E-state index < -0.39 is 5.54 Å². The lowest BCUT2D eigenvalue weighted by Crippen LogP contribution is -2.49. The molecular weight excluding hydrogens is 242 g/mol. The zero-order valence-electron chi connectivity index (χ0n) is 11.4. The highest BCUT2D eigenvalue weighted by Crippen LogP contribution is 2.33. The largest absolute Gasteiger partial charge is 0.361 e. The monoisotopic (exact) mass is 261 g/mol. The van der Waals surface area contributed by atoms with Gasteiger partial charge in [0, 0.05) is 6.07 Å². The van der Waals surface area contributed by atoms with E-state index in [0.29, 0.717) is 24.5 Å². The molecule has 0 atom stereocenters. The maximum Gasteiger partial charge on any atom is 0.274 e. The Morgan fingerprint density at radius 2 is 2.32 bits per heavy atom. The van der Waals surface area contributed by atoms with Crippen molar-refractivity contribution >= 4 is 5.91 Å². The first-order valence-electron chi connectivity index (χ1n) is 6.75. The average Bonchev–Trinajstić information content (AvgIpc) is 2.86. The van der Waals surface area contributed by atoms with E-state index >= 15 is 0 Å². The number of hydrogen-bond donors (Lipinski definition) is 1. The van der Waals surface area contributed by atoms with Crippen LogP contribution in [0.3, 0.4) is 0 Å². The average molecular weight is 261 g/mol. The van der Waals surface area contributed by atoms with Crippen LogP contribution in [0.2, 0.25) is 0 Å². The molecule has 1 aromatic rings. The Kier molecular flexibility index (Phi) is 3.89. The van der Waals surface area contributed by atoms with Crippen LogP contribution >= 0.6 is 0 Å². The van der Waals surface area contributed by atoms with E-state index in [9.17, 15) is 10.1 Å². The molecule has 0 bridgehead atoms. The summed E-state index contributed by atoms with van der Waals surface area (Å²) in [6.45, 7) is 3.90. The van der Waals surface area contributed by atoms with Crippen LogP contribution in [0, 0.1) is 24.2 Å². The fraction of sp³-hybridized carbons (Fsp3) is 0.643. The van der Waals surface area contributed by atoms with Gasteiger partial charge in [0.05, 0.1) is 6.07 Å². The highest BCUT2D eigenvalue weighted by Gasteiger charge is 2.37. The topological polar surface area (TPSA) is 78.9 Å². The highest BCUT2D eigenvalue weighted by atomic mass is 16.5. The van der Waals surface area contributed by atoms with Crippen LogP contribution in [0.1, 0.15) is 55.3 Å². The maximum absolute atomic E-state index is 12.1. The molecule has 1 heterocycles. The predicted octanol–water partition coefficient (Wildman–Crippen LogP) is 2.58. The number of aryl methyl sites for hydroxylation is 1. The zero-order chi connectivity index (χ0) is 13.9. The first-order chi connectivity index (χ1) is 9.08. The number of nitrogens with one attached hydrogen (secondary N) is 1. The van der Waals surface area contributed by atoms with Gasteiger partial charge >= 0.3 is 0 Å². The van der Waals surface area contributed by atoms with E-state index in [1.165, 1.54) is 0 Å². The first-order valence-corrected chi connectivity index (χ1v) is 6.75. The molecule has 0 aromatic carbocycles. The molecule has 1 fully saturated rings. The molecule has 1 N–H and O–H groups in total. The molecule has 0 aliphatic heterocycles. The van der Waals surface area contributed by atoms with Crippen LogP contribution < -0.4 is 5.32 Å². The van der Waals surface area contributed by atoms with Gasteiger partial charge in [0.25, 0.3) is 5.91 Å². The van der Waals surface area contributed by atoms with Crippen molar-refractivity contribution in [3.63, 3.8) is 0 Å². The van der Waals surface area contributed by atoms with E-state index in [-0.39, 0.29) is 11.6 Å². The molecule has 5 heteroatoms. The number of nitrogens with zero attached hydrogens (tertiary/aromatic N) is 2. The Balaban J connectivity index is 2.04. The maximum atomic E-state index is 12.1. The van der Waals surface area contributed by atoms with Crippen LogP contribution in [-0.2, 0) is 0 Å². The second kappa shape index (κ2) is 5.43. The number of rotatable bonds is 3. The molecule has 1 amide bonds. The molecule has 0 unspecified atom stereocenters. The number of hydrogen-bond acceptors (Lipinski definition) is 4. The molecule has 1 aromatic heterocycles. The van der Waals surface area contributed by atoms with Crippen LogP contribution in [0.4, 0.5) is 0 Å². The van der Waals surface area contributed by atoms with Crippen LogP contribution in [0.25, 0.3) is 0 Å². The summed E-state index contributed by atoms with van der Waals surface area (Å²) in [6.07, 6.45) is 4.54. The molecule has 102 valence electrons. The molecule has 19 heavy (non-hydrogen) atoms. The normalized spacial score (nSPS) is 26.7. The fourth-order valence-corrected chi connectivity index (χ4v) is 2.60. The van der Waals surface area contributed by atoms with Gasteiger partial charge in [-0.2, -0.15) is 5.26 Å². The van der Waals surface area contributed by atoms with Crippen LogP contribution in [-0.4, -0.2) is 16.6 Å². The second-order valence-corrected chi connectivity index (χ2v) is 5.32. The van der Waals surface area contributed by atoms with E-state index in [1.54, 1.807) is 13.0 Å². The third kappa shape index (κ3) is 2.95. The summed E-state index contributed by atoms with van der Waals surface area (Å²) in [5, 5.41) is 15.9. The summed E-state index contributed by atoms with van der Waals surface area (Å²) in [5.41, 5.74) is -0.500. The summed E-state index contributed by atoms with van der Waals surface area (Å²) < 4.78 is 4.88. The number of amides is 1. The first kappa shape index (κ1) is 13.6. The Morgan fingerprint density at radius 3 is 2.79 bits per heavy atom. The number of aromatic nitrogens is 1. The second-order valence-electron chi connectivity index (χ2n) is 5.32. The molecule has 0 radical (unpaired) electrons. The van der Waals surface area contributed by atoms with E-state index in [1.807, 2.05) is 0 Å². The van der Waals surface area contributed by atoms with E-state index in [2.05, 4.69) is 23.5 Å². The van der Waals surface area contributed by atoms with Crippen molar-refractivity contribution in [3.8, 4) is 6.07 Å². The standard InChI is InChI=1S/C14H19N3O2/c1-3-11-4-6-14(9-15,7-5-11)16-13(18)12-8-10(2)19-17-12/h8,11H,3-7H2,1-2H3,(H,16,18). The Morgan fingerprint density at radius 1 is 1.63 bits per heavy atom. The molecular formula is C14H19N3O2. The lowest BCUT2D eigenvalue weighted by Gasteiger charge is -2.35. The third-order valence-corrected chi connectivity index (χ3v) is 3.96. The van der Waals surface area contributed by atoms with Crippen LogP contribution in [0.15, 0.2) is 10.6 Å².